The van der Waals surface area contributed by atoms with Crippen molar-refractivity contribution in [2.45, 2.75) is 52.7 Å². The van der Waals surface area contributed by atoms with Crippen molar-refractivity contribution in [1.82, 2.24) is 25.2 Å². The molecule has 182 valence electrons. The molecule has 1 saturated heterocycles. The average Bonchev–Trinajstić information content (AvgIpc) is 2.80. The summed E-state index contributed by atoms with van der Waals surface area (Å²) in [4.78, 5) is 17.9. The lowest BCUT2D eigenvalue weighted by Crippen LogP contribution is -2.50. The highest BCUT2D eigenvalue weighted by Crippen LogP contribution is 2.26. The molecule has 1 aliphatic heterocycles. The van der Waals surface area contributed by atoms with E-state index in [9.17, 15) is 0 Å². The van der Waals surface area contributed by atoms with Gasteiger partial charge in [-0.2, -0.15) is 0 Å². The van der Waals surface area contributed by atoms with Crippen molar-refractivity contribution in [2.75, 3.05) is 50.9 Å². The maximum atomic E-state index is 5.94. The van der Waals surface area contributed by atoms with Crippen molar-refractivity contribution >= 4 is 5.82 Å². The van der Waals surface area contributed by atoms with Crippen LogP contribution in [-0.4, -0.2) is 84.0 Å². The molecule has 1 N–H and O–H groups in total. The topological polar surface area (TPSA) is 84.9 Å². The van der Waals surface area contributed by atoms with Crippen LogP contribution >= 0.6 is 0 Å². The Morgan fingerprint density at radius 3 is 2.42 bits per heavy atom. The molecular formula is C24H38N6O3. The van der Waals surface area contributed by atoms with Crippen LogP contribution in [0.3, 0.4) is 0 Å². The van der Waals surface area contributed by atoms with Crippen LogP contribution in [0.2, 0.25) is 0 Å². The molecule has 33 heavy (non-hydrogen) atoms. The zero-order valence-corrected chi connectivity index (χ0v) is 20.5. The van der Waals surface area contributed by atoms with E-state index in [0.29, 0.717) is 55.5 Å². The lowest BCUT2D eigenvalue weighted by Gasteiger charge is -2.35. The summed E-state index contributed by atoms with van der Waals surface area (Å²) in [6.45, 7) is 15.7. The van der Waals surface area contributed by atoms with Gasteiger partial charge in [-0.05, 0) is 46.8 Å². The number of nitrogens with zero attached hydrogens (tertiary/aromatic N) is 5. The molecule has 3 rings (SSSR count). The molecule has 0 unspecified atom stereocenters. The monoisotopic (exact) mass is 458 g/mol. The third-order valence-corrected chi connectivity index (χ3v) is 5.65. The Morgan fingerprint density at radius 2 is 1.67 bits per heavy atom. The minimum atomic E-state index is 0.325. The van der Waals surface area contributed by atoms with Gasteiger partial charge in [0.05, 0.1) is 0 Å². The summed E-state index contributed by atoms with van der Waals surface area (Å²) >= 11 is 0. The van der Waals surface area contributed by atoms with Gasteiger partial charge in [0.2, 0.25) is 0 Å². The van der Waals surface area contributed by atoms with Gasteiger partial charge in [0.25, 0.3) is 11.8 Å². The zero-order chi connectivity index (χ0) is 23.6. The second-order valence-corrected chi connectivity index (χ2v) is 8.71. The number of aromatic nitrogens is 3. The van der Waals surface area contributed by atoms with Crippen molar-refractivity contribution in [3.8, 4) is 17.5 Å². The molecule has 0 amide bonds. The molecule has 0 saturated carbocycles. The second-order valence-electron chi connectivity index (χ2n) is 8.71. The minimum absolute atomic E-state index is 0.325. The van der Waals surface area contributed by atoms with Gasteiger partial charge in [-0.3, -0.25) is 4.90 Å². The lowest BCUT2D eigenvalue weighted by molar-refractivity contribution is 0.136. The normalized spacial score (nSPS) is 16.5. The van der Waals surface area contributed by atoms with Gasteiger partial charge in [0, 0.05) is 62.9 Å². The van der Waals surface area contributed by atoms with Gasteiger partial charge in [0.1, 0.15) is 19.8 Å². The third kappa shape index (κ3) is 7.17. The molecule has 9 heteroatoms. The predicted molar refractivity (Wildman–Crippen MR) is 129 cm³/mol. The van der Waals surface area contributed by atoms with E-state index in [1.54, 1.807) is 18.6 Å². The fraction of sp³-hybridized carbons (Fsp3) is 0.625. The maximum Gasteiger partial charge on any atom is 0.257 e. The van der Waals surface area contributed by atoms with Gasteiger partial charge in [-0.25, -0.2) is 15.0 Å². The van der Waals surface area contributed by atoms with Crippen molar-refractivity contribution in [3.63, 3.8) is 0 Å². The van der Waals surface area contributed by atoms with Crippen LogP contribution in [0.5, 0.6) is 17.5 Å². The molecule has 3 heterocycles. The molecule has 0 radical (unpaired) electrons. The number of nitrogens with one attached hydrogen (secondary N) is 1. The van der Waals surface area contributed by atoms with Gasteiger partial charge >= 0.3 is 0 Å². The van der Waals surface area contributed by atoms with E-state index in [4.69, 9.17) is 14.2 Å². The Bertz CT molecular complexity index is 842. The summed E-state index contributed by atoms with van der Waals surface area (Å²) < 4.78 is 17.8. The maximum absolute atomic E-state index is 5.94. The van der Waals surface area contributed by atoms with Crippen LogP contribution in [0.15, 0.2) is 30.7 Å². The summed E-state index contributed by atoms with van der Waals surface area (Å²) in [5.74, 6) is 2.41. The first-order valence-electron chi connectivity index (χ1n) is 11.8. The Morgan fingerprint density at radius 1 is 0.970 bits per heavy atom. The largest absolute Gasteiger partial charge is 0.484 e. The van der Waals surface area contributed by atoms with Crippen molar-refractivity contribution < 1.29 is 14.2 Å². The number of hydrogen-bond acceptors (Lipinski definition) is 9. The SMILES string of the molecule is CC(C)N(CCOc1ncccc1OCCOc1nccnc1N1CCNC[C@H]1C)C(C)C. The lowest BCUT2D eigenvalue weighted by atomic mass is 10.2. The average molecular weight is 459 g/mol. The van der Waals surface area contributed by atoms with Gasteiger partial charge in [0.15, 0.2) is 11.6 Å². The number of pyridine rings is 1. The van der Waals surface area contributed by atoms with Gasteiger partial charge < -0.3 is 24.4 Å². The minimum Gasteiger partial charge on any atom is -0.484 e. The van der Waals surface area contributed by atoms with E-state index in [2.05, 4.69) is 64.7 Å². The van der Waals surface area contributed by atoms with E-state index < -0.39 is 0 Å². The molecule has 0 spiro atoms. The summed E-state index contributed by atoms with van der Waals surface area (Å²) in [5, 5.41) is 3.39. The summed E-state index contributed by atoms with van der Waals surface area (Å²) in [6, 6.07) is 4.94. The van der Waals surface area contributed by atoms with E-state index in [-0.39, 0.29) is 0 Å². The molecular weight excluding hydrogens is 420 g/mol. The number of ether oxygens (including phenoxy) is 3. The van der Waals surface area contributed by atoms with Crippen LogP contribution in [0.1, 0.15) is 34.6 Å². The van der Waals surface area contributed by atoms with E-state index in [1.807, 2.05) is 12.1 Å². The highest BCUT2D eigenvalue weighted by Gasteiger charge is 2.23. The van der Waals surface area contributed by atoms with Gasteiger partial charge in [-0.1, -0.05) is 0 Å². The number of anilines is 1. The molecule has 2 aromatic heterocycles. The first-order valence-corrected chi connectivity index (χ1v) is 11.8. The number of rotatable bonds is 12. The van der Waals surface area contributed by atoms with E-state index in [0.717, 1.165) is 32.0 Å². The summed E-state index contributed by atoms with van der Waals surface area (Å²) in [6.07, 6.45) is 5.06. The standard InChI is InChI=1S/C24H38N6O3/c1-18(2)29(19(3)4)13-14-32-23-21(7-6-8-27-23)31-15-16-33-24-22(26-9-10-28-24)30-12-11-25-17-20(30)5/h6-10,18-20,25H,11-17H2,1-5H3/t20-/m1/s1. The quantitative estimate of drug-likeness (QED) is 0.483. The third-order valence-electron chi connectivity index (χ3n) is 5.65. The summed E-state index contributed by atoms with van der Waals surface area (Å²) in [5.41, 5.74) is 0. The zero-order valence-electron chi connectivity index (χ0n) is 20.5. The number of hydrogen-bond donors (Lipinski definition) is 1. The van der Waals surface area contributed by atoms with Crippen LogP contribution < -0.4 is 24.4 Å². The van der Waals surface area contributed by atoms with Crippen molar-refractivity contribution in [3.05, 3.63) is 30.7 Å². The molecule has 0 aromatic carbocycles. The van der Waals surface area contributed by atoms with Crippen LogP contribution in [0.25, 0.3) is 0 Å². The predicted octanol–water partition coefficient (Wildman–Crippen LogP) is 2.63. The first-order chi connectivity index (χ1) is 16.0. The second kappa shape index (κ2) is 12.6. The van der Waals surface area contributed by atoms with Crippen LogP contribution in [0, 0.1) is 0 Å². The Kier molecular flexibility index (Phi) is 9.50. The Labute approximate surface area is 197 Å². The molecule has 0 bridgehead atoms. The fourth-order valence-corrected chi connectivity index (χ4v) is 4.02. The van der Waals surface area contributed by atoms with Crippen LogP contribution in [0.4, 0.5) is 5.82 Å². The van der Waals surface area contributed by atoms with Crippen molar-refractivity contribution in [1.29, 1.82) is 0 Å². The van der Waals surface area contributed by atoms with E-state index in [1.165, 1.54) is 0 Å². The molecule has 2 aromatic rings. The van der Waals surface area contributed by atoms with Gasteiger partial charge in [-0.15, -0.1) is 0 Å². The first kappa shape index (κ1) is 25.0. The molecule has 1 atom stereocenters. The molecule has 1 aliphatic rings. The highest BCUT2D eigenvalue weighted by atomic mass is 16.5. The highest BCUT2D eigenvalue weighted by molar-refractivity contribution is 5.49. The van der Waals surface area contributed by atoms with E-state index >= 15 is 0 Å². The molecule has 1 fully saturated rings. The summed E-state index contributed by atoms with van der Waals surface area (Å²) in [7, 11) is 0. The smallest absolute Gasteiger partial charge is 0.257 e. The van der Waals surface area contributed by atoms with Crippen LogP contribution in [-0.2, 0) is 0 Å². The molecule has 0 aliphatic carbocycles. The van der Waals surface area contributed by atoms with Crippen molar-refractivity contribution in [2.24, 2.45) is 0 Å². The molecule has 9 nitrogen and oxygen atoms in total. The Hall–Kier alpha value is -2.65. The fourth-order valence-electron chi connectivity index (χ4n) is 4.02. The number of piperazine rings is 1. The Balaban J connectivity index is 1.51.